The second-order valence-corrected chi connectivity index (χ2v) is 7.56. The molecule has 0 radical (unpaired) electrons. The molecule has 0 aliphatic heterocycles. The van der Waals surface area contributed by atoms with Gasteiger partial charge in [0.25, 0.3) is 11.5 Å². The van der Waals surface area contributed by atoms with Crippen LogP contribution in [0.3, 0.4) is 0 Å². The molecule has 0 aliphatic rings. The van der Waals surface area contributed by atoms with Crippen LogP contribution in [-0.2, 0) is 6.54 Å². The number of benzene rings is 3. The standard InChI is InChI=1S/C25H18FN5O2/c26-20-5-7-21(8-6-20)30-24(32)18-3-1-2-16(10-18)14-31-15-27-23-9-4-17(11-22(23)25(31)33)19-12-28-29-13-19/h1-13,15H,14H2,(H,28,29)(H,30,32). The zero-order valence-electron chi connectivity index (χ0n) is 17.3. The van der Waals surface area contributed by atoms with E-state index in [-0.39, 0.29) is 23.8 Å². The highest BCUT2D eigenvalue weighted by Gasteiger charge is 2.10. The minimum Gasteiger partial charge on any atom is -0.322 e. The summed E-state index contributed by atoms with van der Waals surface area (Å²) in [5.74, 6) is -0.696. The van der Waals surface area contributed by atoms with Crippen molar-refractivity contribution in [2.24, 2.45) is 0 Å². The van der Waals surface area contributed by atoms with E-state index in [2.05, 4.69) is 20.5 Å². The Kier molecular flexibility index (Phi) is 5.24. The molecule has 2 heterocycles. The Morgan fingerprint density at radius 2 is 1.88 bits per heavy atom. The third-order valence-electron chi connectivity index (χ3n) is 5.30. The molecule has 0 spiro atoms. The molecule has 2 aromatic heterocycles. The zero-order valence-corrected chi connectivity index (χ0v) is 17.3. The van der Waals surface area contributed by atoms with E-state index < -0.39 is 0 Å². The number of carbonyl (C=O) groups excluding carboxylic acids is 1. The third-order valence-corrected chi connectivity index (χ3v) is 5.30. The summed E-state index contributed by atoms with van der Waals surface area (Å²) in [5.41, 5.74) is 3.88. The molecule has 5 rings (SSSR count). The van der Waals surface area contributed by atoms with Crippen molar-refractivity contribution in [2.45, 2.75) is 6.54 Å². The van der Waals surface area contributed by atoms with Crippen LogP contribution >= 0.6 is 0 Å². The fourth-order valence-electron chi connectivity index (χ4n) is 3.60. The molecule has 5 aromatic rings. The molecule has 1 amide bonds. The number of halogens is 1. The predicted octanol–water partition coefficient (Wildman–Crippen LogP) is 4.23. The van der Waals surface area contributed by atoms with Gasteiger partial charge in [-0.2, -0.15) is 5.10 Å². The Bertz CT molecular complexity index is 1510. The lowest BCUT2D eigenvalue weighted by atomic mass is 10.1. The second-order valence-electron chi connectivity index (χ2n) is 7.56. The second kappa shape index (κ2) is 8.51. The number of aromatic amines is 1. The van der Waals surface area contributed by atoms with Crippen LogP contribution in [0.4, 0.5) is 10.1 Å². The van der Waals surface area contributed by atoms with Gasteiger partial charge < -0.3 is 5.32 Å². The lowest BCUT2D eigenvalue weighted by Gasteiger charge is -2.10. The maximum absolute atomic E-state index is 13.1. The highest BCUT2D eigenvalue weighted by Crippen LogP contribution is 2.21. The van der Waals surface area contributed by atoms with Crippen LogP contribution in [0.2, 0.25) is 0 Å². The molecule has 0 bridgehead atoms. The number of nitrogens with zero attached hydrogens (tertiary/aromatic N) is 3. The highest BCUT2D eigenvalue weighted by atomic mass is 19.1. The molecular weight excluding hydrogens is 421 g/mol. The Morgan fingerprint density at radius 3 is 2.67 bits per heavy atom. The van der Waals surface area contributed by atoms with Crippen molar-refractivity contribution in [3.63, 3.8) is 0 Å². The number of hydrogen-bond donors (Lipinski definition) is 2. The van der Waals surface area contributed by atoms with Gasteiger partial charge in [-0.3, -0.25) is 19.3 Å². The lowest BCUT2D eigenvalue weighted by Crippen LogP contribution is -2.21. The predicted molar refractivity (Wildman–Crippen MR) is 123 cm³/mol. The molecule has 0 saturated heterocycles. The topological polar surface area (TPSA) is 92.7 Å². The molecule has 0 fully saturated rings. The quantitative estimate of drug-likeness (QED) is 0.429. The van der Waals surface area contributed by atoms with Crippen molar-refractivity contribution in [1.29, 1.82) is 0 Å². The molecule has 0 aliphatic carbocycles. The molecule has 7 nitrogen and oxygen atoms in total. The van der Waals surface area contributed by atoms with Crippen LogP contribution in [-0.4, -0.2) is 25.7 Å². The van der Waals surface area contributed by atoms with E-state index in [1.54, 1.807) is 36.7 Å². The summed E-state index contributed by atoms with van der Waals surface area (Å²) in [5, 5.41) is 9.96. The Labute approximate surface area is 187 Å². The number of aromatic nitrogens is 4. The van der Waals surface area contributed by atoms with Crippen LogP contribution < -0.4 is 10.9 Å². The van der Waals surface area contributed by atoms with Crippen molar-refractivity contribution in [1.82, 2.24) is 19.7 Å². The summed E-state index contributed by atoms with van der Waals surface area (Å²) >= 11 is 0. The van der Waals surface area contributed by atoms with Gasteiger partial charge >= 0.3 is 0 Å². The smallest absolute Gasteiger partial charge is 0.261 e. The van der Waals surface area contributed by atoms with Gasteiger partial charge in [-0.25, -0.2) is 9.37 Å². The number of hydrogen-bond acceptors (Lipinski definition) is 4. The largest absolute Gasteiger partial charge is 0.322 e. The molecular formula is C25H18FN5O2. The van der Waals surface area contributed by atoms with Crippen molar-refractivity contribution < 1.29 is 9.18 Å². The third kappa shape index (κ3) is 4.27. The molecule has 33 heavy (non-hydrogen) atoms. The molecule has 3 aromatic carbocycles. The normalized spacial score (nSPS) is 10.9. The summed E-state index contributed by atoms with van der Waals surface area (Å²) in [4.78, 5) is 30.1. The minimum atomic E-state index is -0.374. The Morgan fingerprint density at radius 1 is 1.03 bits per heavy atom. The molecule has 8 heteroatoms. The Hall–Kier alpha value is -4.59. The minimum absolute atomic E-state index is 0.175. The summed E-state index contributed by atoms with van der Waals surface area (Å²) in [6.45, 7) is 0.259. The number of H-pyrrole nitrogens is 1. The van der Waals surface area contributed by atoms with Crippen molar-refractivity contribution in [3.05, 3.63) is 113 Å². The SMILES string of the molecule is O=C(Nc1ccc(F)cc1)c1cccc(Cn2cnc3ccc(-c4cn[nH]c4)cc3c2=O)c1. The fraction of sp³-hybridized carbons (Fsp3) is 0.0400. The number of rotatable bonds is 5. The maximum Gasteiger partial charge on any atom is 0.261 e. The van der Waals surface area contributed by atoms with Gasteiger partial charge in [0.15, 0.2) is 0 Å². The van der Waals surface area contributed by atoms with Crippen molar-refractivity contribution >= 4 is 22.5 Å². The van der Waals surface area contributed by atoms with E-state index >= 15 is 0 Å². The zero-order chi connectivity index (χ0) is 22.8. The number of carbonyl (C=O) groups is 1. The van der Waals surface area contributed by atoms with Crippen LogP contribution in [0.25, 0.3) is 22.0 Å². The van der Waals surface area contributed by atoms with E-state index in [0.29, 0.717) is 22.2 Å². The van der Waals surface area contributed by atoms with Crippen molar-refractivity contribution in [3.8, 4) is 11.1 Å². The average Bonchev–Trinajstić information content (AvgIpc) is 3.37. The molecule has 0 atom stereocenters. The summed E-state index contributed by atoms with van der Waals surface area (Å²) < 4.78 is 14.6. The van der Waals surface area contributed by atoms with E-state index in [1.807, 2.05) is 18.2 Å². The van der Waals surface area contributed by atoms with Gasteiger partial charge in [0.2, 0.25) is 0 Å². The first kappa shape index (κ1) is 20.3. The fourth-order valence-corrected chi connectivity index (χ4v) is 3.60. The number of fused-ring (bicyclic) bond motifs is 1. The summed E-state index contributed by atoms with van der Waals surface area (Å²) in [6.07, 6.45) is 4.96. The first-order valence-electron chi connectivity index (χ1n) is 10.2. The molecule has 0 unspecified atom stereocenters. The Balaban J connectivity index is 1.41. The molecule has 162 valence electrons. The lowest BCUT2D eigenvalue weighted by molar-refractivity contribution is 0.102. The summed E-state index contributed by atoms with van der Waals surface area (Å²) in [7, 11) is 0. The van der Waals surface area contributed by atoms with Gasteiger partial charge in [0.05, 0.1) is 30.0 Å². The number of amides is 1. The first-order valence-corrected chi connectivity index (χ1v) is 10.2. The van der Waals surface area contributed by atoms with Crippen LogP contribution in [0, 0.1) is 5.82 Å². The van der Waals surface area contributed by atoms with Gasteiger partial charge in [0.1, 0.15) is 5.82 Å². The van der Waals surface area contributed by atoms with Gasteiger partial charge in [-0.15, -0.1) is 0 Å². The average molecular weight is 439 g/mol. The van der Waals surface area contributed by atoms with Crippen LogP contribution in [0.5, 0.6) is 0 Å². The maximum atomic E-state index is 13.1. The molecule has 2 N–H and O–H groups in total. The van der Waals surface area contributed by atoms with Gasteiger partial charge in [-0.1, -0.05) is 18.2 Å². The highest BCUT2D eigenvalue weighted by molar-refractivity contribution is 6.04. The van der Waals surface area contributed by atoms with Crippen LogP contribution in [0.15, 0.2) is 90.2 Å². The molecule has 0 saturated carbocycles. The van der Waals surface area contributed by atoms with Gasteiger partial charge in [-0.05, 0) is 59.7 Å². The number of anilines is 1. The van der Waals surface area contributed by atoms with E-state index in [1.165, 1.54) is 35.2 Å². The van der Waals surface area contributed by atoms with Crippen LogP contribution in [0.1, 0.15) is 15.9 Å². The monoisotopic (exact) mass is 439 g/mol. The first-order chi connectivity index (χ1) is 16.1. The van der Waals surface area contributed by atoms with Crippen molar-refractivity contribution in [2.75, 3.05) is 5.32 Å². The van der Waals surface area contributed by atoms with E-state index in [0.717, 1.165) is 16.7 Å². The van der Waals surface area contributed by atoms with E-state index in [9.17, 15) is 14.0 Å². The summed E-state index contributed by atoms with van der Waals surface area (Å²) in [6, 6.07) is 18.1. The van der Waals surface area contributed by atoms with E-state index in [4.69, 9.17) is 0 Å². The number of nitrogens with one attached hydrogen (secondary N) is 2. The van der Waals surface area contributed by atoms with Gasteiger partial charge in [0, 0.05) is 23.0 Å².